The van der Waals surface area contributed by atoms with Gasteiger partial charge in [0.25, 0.3) is 5.91 Å². The van der Waals surface area contributed by atoms with Gasteiger partial charge in [0.1, 0.15) is 5.75 Å². The number of thioether (sulfide) groups is 1. The van der Waals surface area contributed by atoms with Crippen LogP contribution in [0.3, 0.4) is 0 Å². The zero-order valence-electron chi connectivity index (χ0n) is 14.9. The van der Waals surface area contributed by atoms with Crippen LogP contribution in [0.2, 0.25) is 0 Å². The molecule has 0 radical (unpaired) electrons. The Morgan fingerprint density at radius 2 is 1.96 bits per heavy atom. The maximum Gasteiger partial charge on any atom is 0.260 e. The first kappa shape index (κ1) is 18.5. The molecule has 1 aromatic carbocycles. The van der Waals surface area contributed by atoms with Crippen molar-refractivity contribution >= 4 is 17.7 Å². The number of amides is 1. The van der Waals surface area contributed by atoms with Crippen LogP contribution in [0.5, 0.6) is 5.75 Å². The molecule has 2 fully saturated rings. The number of nitrogens with one attached hydrogen (secondary N) is 1. The summed E-state index contributed by atoms with van der Waals surface area (Å²) in [5.41, 5.74) is 0.0291. The van der Waals surface area contributed by atoms with Gasteiger partial charge in [-0.1, -0.05) is 18.2 Å². The number of hydrogen-bond acceptors (Lipinski definition) is 5. The van der Waals surface area contributed by atoms with Gasteiger partial charge in [0, 0.05) is 49.9 Å². The molecule has 0 spiro atoms. The van der Waals surface area contributed by atoms with E-state index in [2.05, 4.69) is 10.2 Å². The molecular formula is C19H28N2O3S. The van der Waals surface area contributed by atoms with Crippen molar-refractivity contribution < 1.29 is 14.3 Å². The van der Waals surface area contributed by atoms with Gasteiger partial charge in [-0.3, -0.25) is 9.69 Å². The van der Waals surface area contributed by atoms with Gasteiger partial charge in [-0.05, 0) is 31.9 Å². The smallest absolute Gasteiger partial charge is 0.260 e. The molecule has 5 nitrogen and oxygen atoms in total. The van der Waals surface area contributed by atoms with E-state index in [9.17, 15) is 4.79 Å². The highest BCUT2D eigenvalue weighted by molar-refractivity contribution is 7.99. The maximum absolute atomic E-state index is 12.5. The van der Waals surface area contributed by atoms with Crippen LogP contribution < -0.4 is 10.1 Å². The van der Waals surface area contributed by atoms with Gasteiger partial charge in [-0.25, -0.2) is 0 Å². The van der Waals surface area contributed by atoms with Crippen LogP contribution in [0.4, 0.5) is 0 Å². The minimum Gasteiger partial charge on any atom is -0.481 e. The summed E-state index contributed by atoms with van der Waals surface area (Å²) in [6, 6.07) is 9.49. The quantitative estimate of drug-likeness (QED) is 0.838. The van der Waals surface area contributed by atoms with E-state index in [0.29, 0.717) is 6.54 Å². The summed E-state index contributed by atoms with van der Waals surface area (Å²) in [4.78, 5) is 15.1. The summed E-state index contributed by atoms with van der Waals surface area (Å²) in [6.45, 7) is 6.21. The molecule has 1 N–H and O–H groups in total. The number of nitrogens with zero attached hydrogens (tertiary/aromatic N) is 1. The van der Waals surface area contributed by atoms with Gasteiger partial charge >= 0.3 is 0 Å². The van der Waals surface area contributed by atoms with Crippen LogP contribution >= 0.6 is 11.8 Å². The molecule has 25 heavy (non-hydrogen) atoms. The van der Waals surface area contributed by atoms with E-state index in [0.717, 1.165) is 44.9 Å². The third-order valence-corrected chi connectivity index (χ3v) is 6.06. The van der Waals surface area contributed by atoms with Crippen molar-refractivity contribution in [1.82, 2.24) is 10.2 Å². The first-order valence-corrected chi connectivity index (χ1v) is 10.3. The lowest BCUT2D eigenvalue weighted by molar-refractivity contribution is -0.128. The van der Waals surface area contributed by atoms with Gasteiger partial charge < -0.3 is 14.8 Å². The second kappa shape index (κ2) is 8.92. The van der Waals surface area contributed by atoms with Crippen LogP contribution in [-0.2, 0) is 9.53 Å². The fraction of sp³-hybridized carbons (Fsp3) is 0.632. The molecule has 2 saturated heterocycles. The number of hydrogen-bond donors (Lipinski definition) is 1. The minimum absolute atomic E-state index is 0.0291. The van der Waals surface area contributed by atoms with Crippen LogP contribution in [0.1, 0.15) is 19.8 Å². The van der Waals surface area contributed by atoms with E-state index in [1.807, 2.05) is 42.1 Å². The molecule has 0 bridgehead atoms. The van der Waals surface area contributed by atoms with Crippen molar-refractivity contribution in [3.05, 3.63) is 30.3 Å². The monoisotopic (exact) mass is 364 g/mol. The molecule has 0 aromatic heterocycles. The number of para-hydroxylation sites is 1. The molecule has 2 heterocycles. The average Bonchev–Trinajstić information content (AvgIpc) is 2.68. The topological polar surface area (TPSA) is 50.8 Å². The Labute approximate surface area is 154 Å². The standard InChI is InChI=1S/C19H28N2O3S/c1-16(24-17-5-3-2-4-6-17)18(22)20-15-19(7-11-23-12-8-19)21-9-13-25-14-10-21/h2-6,16H,7-15H2,1H3,(H,20,22). The minimum atomic E-state index is -0.504. The van der Waals surface area contributed by atoms with E-state index in [-0.39, 0.29) is 11.4 Å². The lowest BCUT2D eigenvalue weighted by Gasteiger charge is -2.48. The van der Waals surface area contributed by atoms with Gasteiger partial charge in [-0.2, -0.15) is 11.8 Å². The van der Waals surface area contributed by atoms with Crippen LogP contribution in [0, 0.1) is 0 Å². The second-order valence-electron chi connectivity index (χ2n) is 6.73. The summed E-state index contributed by atoms with van der Waals surface area (Å²) < 4.78 is 11.3. The number of ether oxygens (including phenoxy) is 2. The Morgan fingerprint density at radius 3 is 2.64 bits per heavy atom. The highest BCUT2D eigenvalue weighted by Gasteiger charge is 2.39. The van der Waals surface area contributed by atoms with E-state index >= 15 is 0 Å². The summed E-state index contributed by atoms with van der Waals surface area (Å²) in [5, 5.41) is 3.14. The van der Waals surface area contributed by atoms with E-state index in [4.69, 9.17) is 9.47 Å². The van der Waals surface area contributed by atoms with Gasteiger partial charge in [0.15, 0.2) is 6.10 Å². The van der Waals surface area contributed by atoms with Gasteiger partial charge in [-0.15, -0.1) is 0 Å². The number of benzene rings is 1. The molecule has 1 atom stereocenters. The third kappa shape index (κ3) is 4.90. The summed E-state index contributed by atoms with van der Waals surface area (Å²) in [7, 11) is 0. The predicted molar refractivity (Wildman–Crippen MR) is 101 cm³/mol. The Morgan fingerprint density at radius 1 is 1.28 bits per heavy atom. The third-order valence-electron chi connectivity index (χ3n) is 5.12. The highest BCUT2D eigenvalue weighted by atomic mass is 32.2. The van der Waals surface area contributed by atoms with Crippen molar-refractivity contribution in [1.29, 1.82) is 0 Å². The molecule has 1 unspecified atom stereocenters. The van der Waals surface area contributed by atoms with E-state index < -0.39 is 6.10 Å². The zero-order valence-corrected chi connectivity index (χ0v) is 15.7. The molecule has 3 rings (SSSR count). The molecule has 138 valence electrons. The first-order chi connectivity index (χ1) is 12.2. The number of rotatable bonds is 6. The number of carbonyl (C=O) groups excluding carboxylic acids is 1. The van der Waals surface area contributed by atoms with Crippen LogP contribution in [0.25, 0.3) is 0 Å². The van der Waals surface area contributed by atoms with Crippen molar-refractivity contribution in [3.63, 3.8) is 0 Å². The highest BCUT2D eigenvalue weighted by Crippen LogP contribution is 2.30. The molecule has 6 heteroatoms. The fourth-order valence-corrected chi connectivity index (χ4v) is 4.45. The molecule has 2 aliphatic heterocycles. The lowest BCUT2D eigenvalue weighted by atomic mass is 9.87. The molecule has 1 aromatic rings. The van der Waals surface area contributed by atoms with Crippen molar-refractivity contribution in [2.45, 2.75) is 31.4 Å². The molecule has 0 saturated carbocycles. The molecular weight excluding hydrogens is 336 g/mol. The SMILES string of the molecule is CC(Oc1ccccc1)C(=O)NCC1(N2CCSCC2)CCOCC1. The Kier molecular flexibility index (Phi) is 6.62. The van der Waals surface area contributed by atoms with Crippen LogP contribution in [0.15, 0.2) is 30.3 Å². The Balaban J connectivity index is 1.57. The normalized spacial score (nSPS) is 22.1. The lowest BCUT2D eigenvalue weighted by Crippen LogP contribution is -2.61. The summed E-state index contributed by atoms with van der Waals surface area (Å²) >= 11 is 2.01. The molecule has 1 amide bonds. The molecule has 2 aliphatic rings. The number of carbonyl (C=O) groups is 1. The van der Waals surface area contributed by atoms with Crippen molar-refractivity contribution in [3.8, 4) is 5.75 Å². The second-order valence-corrected chi connectivity index (χ2v) is 7.95. The maximum atomic E-state index is 12.5. The molecule has 0 aliphatic carbocycles. The fourth-order valence-electron chi connectivity index (χ4n) is 3.55. The van der Waals surface area contributed by atoms with E-state index in [1.54, 1.807) is 6.92 Å². The average molecular weight is 365 g/mol. The zero-order chi connectivity index (χ0) is 17.5. The largest absolute Gasteiger partial charge is 0.481 e. The summed E-state index contributed by atoms with van der Waals surface area (Å²) in [6.07, 6.45) is 1.45. The van der Waals surface area contributed by atoms with Crippen LogP contribution in [-0.4, -0.2) is 66.8 Å². The predicted octanol–water partition coefficient (Wildman–Crippen LogP) is 2.17. The van der Waals surface area contributed by atoms with Gasteiger partial charge in [0.2, 0.25) is 0 Å². The van der Waals surface area contributed by atoms with Crippen molar-refractivity contribution in [2.75, 3.05) is 44.4 Å². The van der Waals surface area contributed by atoms with Gasteiger partial charge in [0.05, 0.1) is 0 Å². The Hall–Kier alpha value is -1.24. The first-order valence-electron chi connectivity index (χ1n) is 9.10. The van der Waals surface area contributed by atoms with Crippen molar-refractivity contribution in [2.24, 2.45) is 0 Å². The summed E-state index contributed by atoms with van der Waals surface area (Å²) in [5.74, 6) is 3.01. The Bertz CT molecular complexity index is 543. The van der Waals surface area contributed by atoms with E-state index in [1.165, 1.54) is 11.5 Å².